The van der Waals surface area contributed by atoms with Gasteiger partial charge in [-0.25, -0.2) is 4.99 Å². The third kappa shape index (κ3) is 5.33. The van der Waals surface area contributed by atoms with E-state index in [1.807, 2.05) is 43.3 Å². The molecular formula is C27H31N5O3. The first-order valence-corrected chi connectivity index (χ1v) is 12.2. The van der Waals surface area contributed by atoms with E-state index in [0.717, 1.165) is 75.4 Å². The van der Waals surface area contributed by atoms with Crippen LogP contribution in [0.4, 0.5) is 22.7 Å². The lowest BCUT2D eigenvalue weighted by Crippen LogP contribution is -2.40. The zero-order valence-corrected chi connectivity index (χ0v) is 20.1. The first-order valence-electron chi connectivity index (χ1n) is 12.2. The van der Waals surface area contributed by atoms with Crippen LogP contribution < -0.4 is 9.80 Å². The number of rotatable bonds is 4. The van der Waals surface area contributed by atoms with Crippen molar-refractivity contribution in [1.82, 2.24) is 0 Å². The van der Waals surface area contributed by atoms with Gasteiger partial charge in [0.15, 0.2) is 5.78 Å². The third-order valence-electron chi connectivity index (χ3n) is 6.70. The smallest absolute Gasteiger partial charge is 0.183 e. The first-order chi connectivity index (χ1) is 17.1. The molecule has 3 aliphatic rings. The van der Waals surface area contributed by atoms with Gasteiger partial charge in [-0.3, -0.25) is 9.79 Å². The van der Waals surface area contributed by atoms with E-state index in [1.165, 1.54) is 0 Å². The fourth-order valence-electron chi connectivity index (χ4n) is 4.69. The fraction of sp³-hybridized carbons (Fsp3) is 0.407. The number of anilines is 2. The lowest BCUT2D eigenvalue weighted by molar-refractivity contribution is -0.112. The molecule has 1 saturated carbocycles. The van der Waals surface area contributed by atoms with E-state index in [1.54, 1.807) is 0 Å². The monoisotopic (exact) mass is 473 g/mol. The summed E-state index contributed by atoms with van der Waals surface area (Å²) in [5.41, 5.74) is 5.11. The van der Waals surface area contributed by atoms with Crippen LogP contribution in [0.25, 0.3) is 0 Å². The second kappa shape index (κ2) is 10.5. The second-order valence-electron chi connectivity index (χ2n) is 9.03. The standard InChI is InChI=1S/C27H31N5O3/c1-19-26(29-20-2-6-22(7-3-20)31-10-14-34-15-11-31)24(28)18-25(33)27(19)30-21-4-8-23(9-5-21)32-12-16-35-17-13-32/h2-9,19,28H,10-18H2,1H3. The van der Waals surface area contributed by atoms with Crippen molar-refractivity contribution in [2.45, 2.75) is 13.3 Å². The van der Waals surface area contributed by atoms with Gasteiger partial charge in [-0.05, 0) is 48.5 Å². The van der Waals surface area contributed by atoms with Gasteiger partial charge in [-0.1, -0.05) is 6.92 Å². The normalized spacial score (nSPS) is 23.9. The lowest BCUT2D eigenvalue weighted by Gasteiger charge is -2.29. The number of benzene rings is 2. The summed E-state index contributed by atoms with van der Waals surface area (Å²) in [5.74, 6) is -0.456. The molecule has 1 aliphatic carbocycles. The van der Waals surface area contributed by atoms with E-state index in [0.29, 0.717) is 11.4 Å². The van der Waals surface area contributed by atoms with E-state index in [-0.39, 0.29) is 23.8 Å². The highest BCUT2D eigenvalue weighted by atomic mass is 16.5. The molecule has 182 valence electrons. The second-order valence-corrected chi connectivity index (χ2v) is 9.03. The predicted molar refractivity (Wildman–Crippen MR) is 140 cm³/mol. The molecule has 35 heavy (non-hydrogen) atoms. The Morgan fingerprint density at radius 3 is 1.63 bits per heavy atom. The molecule has 1 unspecified atom stereocenters. The number of ketones is 1. The van der Waals surface area contributed by atoms with Crippen molar-refractivity contribution in [2.24, 2.45) is 15.9 Å². The molecule has 1 N–H and O–H groups in total. The Morgan fingerprint density at radius 2 is 1.17 bits per heavy atom. The maximum absolute atomic E-state index is 12.8. The number of nitrogens with zero attached hydrogens (tertiary/aromatic N) is 4. The van der Waals surface area contributed by atoms with E-state index < -0.39 is 0 Å². The van der Waals surface area contributed by atoms with Crippen molar-refractivity contribution in [2.75, 3.05) is 62.4 Å². The molecule has 0 bridgehead atoms. The number of ether oxygens (including phenoxy) is 2. The van der Waals surface area contributed by atoms with Gasteiger partial charge in [0.1, 0.15) is 0 Å². The Balaban J connectivity index is 1.34. The van der Waals surface area contributed by atoms with Crippen molar-refractivity contribution < 1.29 is 14.3 Å². The van der Waals surface area contributed by atoms with Gasteiger partial charge in [0, 0.05) is 43.5 Å². The summed E-state index contributed by atoms with van der Waals surface area (Å²) in [7, 11) is 0. The van der Waals surface area contributed by atoms with Gasteiger partial charge >= 0.3 is 0 Å². The van der Waals surface area contributed by atoms with Crippen molar-refractivity contribution in [3.63, 3.8) is 0 Å². The quantitative estimate of drug-likeness (QED) is 0.729. The van der Waals surface area contributed by atoms with E-state index in [9.17, 15) is 4.79 Å². The number of hydrogen-bond donors (Lipinski definition) is 1. The number of aliphatic imine (C=N–C) groups is 2. The van der Waals surface area contributed by atoms with Crippen LogP contribution in [0, 0.1) is 11.3 Å². The van der Waals surface area contributed by atoms with Crippen LogP contribution in [0.15, 0.2) is 58.5 Å². The summed E-state index contributed by atoms with van der Waals surface area (Å²) < 4.78 is 10.9. The number of morpholine rings is 2. The minimum Gasteiger partial charge on any atom is -0.378 e. The van der Waals surface area contributed by atoms with Crippen LogP contribution >= 0.6 is 0 Å². The molecule has 0 radical (unpaired) electrons. The molecule has 0 amide bonds. The molecule has 2 heterocycles. The molecule has 8 heteroatoms. The highest BCUT2D eigenvalue weighted by Gasteiger charge is 2.33. The molecule has 2 aromatic carbocycles. The summed E-state index contributed by atoms with van der Waals surface area (Å²) >= 11 is 0. The van der Waals surface area contributed by atoms with Crippen LogP contribution in [0.5, 0.6) is 0 Å². The zero-order valence-electron chi connectivity index (χ0n) is 20.1. The average Bonchev–Trinajstić information content (AvgIpc) is 2.91. The maximum atomic E-state index is 12.8. The summed E-state index contributed by atoms with van der Waals surface area (Å²) in [5, 5.41) is 8.43. The van der Waals surface area contributed by atoms with Crippen LogP contribution in [0.1, 0.15) is 13.3 Å². The van der Waals surface area contributed by atoms with Gasteiger partial charge in [-0.2, -0.15) is 0 Å². The summed E-state index contributed by atoms with van der Waals surface area (Å²) in [6.07, 6.45) is 0.0275. The first kappa shape index (κ1) is 23.4. The topological polar surface area (TPSA) is 90.6 Å². The van der Waals surface area contributed by atoms with Crippen molar-refractivity contribution in [3.05, 3.63) is 48.5 Å². The third-order valence-corrected chi connectivity index (χ3v) is 6.70. The highest BCUT2D eigenvalue weighted by molar-refractivity contribution is 6.62. The molecule has 0 aromatic heterocycles. The van der Waals surface area contributed by atoms with Crippen molar-refractivity contribution in [1.29, 1.82) is 5.41 Å². The fourth-order valence-corrected chi connectivity index (χ4v) is 4.69. The van der Waals surface area contributed by atoms with Gasteiger partial charge in [0.05, 0.1) is 61.4 Å². The van der Waals surface area contributed by atoms with Gasteiger partial charge in [0.2, 0.25) is 0 Å². The summed E-state index contributed by atoms with van der Waals surface area (Å²) in [6, 6.07) is 16.0. The zero-order chi connectivity index (χ0) is 24.2. The summed E-state index contributed by atoms with van der Waals surface area (Å²) in [6.45, 7) is 8.37. The number of carbonyl (C=O) groups is 1. The van der Waals surface area contributed by atoms with Crippen LogP contribution in [-0.4, -0.2) is 75.5 Å². The minimum absolute atomic E-state index is 0.0275. The lowest BCUT2D eigenvalue weighted by atomic mass is 9.84. The van der Waals surface area contributed by atoms with E-state index >= 15 is 0 Å². The molecular weight excluding hydrogens is 442 g/mol. The van der Waals surface area contributed by atoms with Crippen LogP contribution in [-0.2, 0) is 14.3 Å². The van der Waals surface area contributed by atoms with Gasteiger partial charge < -0.3 is 24.7 Å². The Labute approximate surface area is 205 Å². The van der Waals surface area contributed by atoms with Crippen LogP contribution in [0.3, 0.4) is 0 Å². The predicted octanol–water partition coefficient (Wildman–Crippen LogP) is 3.83. The average molecular weight is 474 g/mol. The van der Waals surface area contributed by atoms with Crippen LogP contribution in [0.2, 0.25) is 0 Å². The summed E-state index contributed by atoms with van der Waals surface area (Å²) in [4.78, 5) is 26.8. The SMILES string of the molecule is CC1C(=Nc2ccc(N3CCOCC3)cc2)C(=N)CC(=O)C1=Nc1ccc(N2CCOCC2)cc1. The number of Topliss-reactive ketones (excluding diaryl/α,β-unsaturated/α-hetero) is 1. The Bertz CT molecular complexity index is 1040. The Morgan fingerprint density at radius 1 is 0.743 bits per heavy atom. The number of carbonyl (C=O) groups excluding carboxylic acids is 1. The molecule has 1 atom stereocenters. The Hall–Kier alpha value is -3.36. The number of hydrogen-bond acceptors (Lipinski definition) is 8. The molecule has 5 rings (SSSR count). The molecule has 3 fully saturated rings. The number of nitrogens with one attached hydrogen (secondary N) is 1. The van der Waals surface area contributed by atoms with E-state index in [2.05, 4.69) is 21.9 Å². The van der Waals surface area contributed by atoms with E-state index in [4.69, 9.17) is 24.9 Å². The molecule has 2 aromatic rings. The minimum atomic E-state index is -0.346. The Kier molecular flexibility index (Phi) is 7.01. The van der Waals surface area contributed by atoms with Gasteiger partial charge in [0.25, 0.3) is 0 Å². The van der Waals surface area contributed by atoms with Gasteiger partial charge in [-0.15, -0.1) is 0 Å². The van der Waals surface area contributed by atoms with Crippen molar-refractivity contribution in [3.8, 4) is 0 Å². The highest BCUT2D eigenvalue weighted by Crippen LogP contribution is 2.26. The maximum Gasteiger partial charge on any atom is 0.183 e. The molecule has 8 nitrogen and oxygen atoms in total. The molecule has 2 saturated heterocycles. The molecule has 0 spiro atoms. The van der Waals surface area contributed by atoms with Crippen molar-refractivity contribution >= 4 is 45.7 Å². The molecule has 2 aliphatic heterocycles. The largest absolute Gasteiger partial charge is 0.378 e.